The number of nitrogens with zero attached hydrogens (tertiary/aromatic N) is 2. The molecule has 1 saturated heterocycles. The fraction of sp³-hybridized carbons (Fsp3) is 0.389. The van der Waals surface area contributed by atoms with Crippen LogP contribution in [-0.4, -0.2) is 41.6 Å². The minimum Gasteiger partial charge on any atom is -0.337 e. The highest BCUT2D eigenvalue weighted by molar-refractivity contribution is 9.10. The zero-order chi connectivity index (χ0) is 16.4. The fourth-order valence-corrected chi connectivity index (χ4v) is 3.60. The quantitative estimate of drug-likeness (QED) is 0.874. The summed E-state index contributed by atoms with van der Waals surface area (Å²) in [7, 11) is 0. The summed E-state index contributed by atoms with van der Waals surface area (Å²) in [4.78, 5) is 14.9. The molecule has 0 atom stereocenters. The first kappa shape index (κ1) is 16.3. The number of aromatic nitrogens is 1. The van der Waals surface area contributed by atoms with Crippen LogP contribution in [0.4, 0.5) is 0 Å². The fourth-order valence-electron chi connectivity index (χ4n) is 3.21. The molecular weight excluding hydrogens is 354 g/mol. The average molecular weight is 376 g/mol. The monoisotopic (exact) mass is 375 g/mol. The first-order valence-corrected chi connectivity index (χ1v) is 8.82. The lowest BCUT2D eigenvalue weighted by Gasteiger charge is -2.20. The van der Waals surface area contributed by atoms with E-state index >= 15 is 0 Å². The van der Waals surface area contributed by atoms with E-state index in [1.807, 2.05) is 30.0 Å². The highest BCUT2D eigenvalue weighted by Gasteiger charge is 2.22. The third-order valence-electron chi connectivity index (χ3n) is 4.36. The van der Waals surface area contributed by atoms with Gasteiger partial charge in [0.15, 0.2) is 0 Å². The molecule has 122 valence electrons. The second-order valence-corrected chi connectivity index (χ2v) is 6.91. The molecule has 1 aromatic carbocycles. The summed E-state index contributed by atoms with van der Waals surface area (Å²) in [5, 5.41) is 3.34. The number of nitrogens with one attached hydrogen (secondary N) is 1. The van der Waals surface area contributed by atoms with Crippen molar-refractivity contribution in [2.75, 3.05) is 26.2 Å². The van der Waals surface area contributed by atoms with E-state index in [9.17, 15) is 4.79 Å². The van der Waals surface area contributed by atoms with Crippen molar-refractivity contribution < 1.29 is 4.79 Å². The molecule has 23 heavy (non-hydrogen) atoms. The van der Waals surface area contributed by atoms with Gasteiger partial charge in [-0.05, 0) is 51.1 Å². The zero-order valence-corrected chi connectivity index (χ0v) is 15.2. The molecular formula is C18H22BrN3O. The van der Waals surface area contributed by atoms with Gasteiger partial charge in [0.05, 0.1) is 5.56 Å². The van der Waals surface area contributed by atoms with E-state index in [4.69, 9.17) is 0 Å². The number of hydrogen-bond donors (Lipinski definition) is 1. The SMILES string of the molecule is Cc1cc(C(=O)N2CCCNCC2)c(C)n1-c1cccc(Br)c1. The summed E-state index contributed by atoms with van der Waals surface area (Å²) in [6.07, 6.45) is 1.01. The van der Waals surface area contributed by atoms with Gasteiger partial charge in [0, 0.05) is 41.2 Å². The van der Waals surface area contributed by atoms with Crippen molar-refractivity contribution >= 4 is 21.8 Å². The summed E-state index contributed by atoms with van der Waals surface area (Å²) < 4.78 is 3.18. The molecule has 3 rings (SSSR count). The number of rotatable bonds is 2. The van der Waals surface area contributed by atoms with E-state index in [2.05, 4.69) is 44.9 Å². The molecule has 1 amide bonds. The second kappa shape index (κ2) is 6.89. The Morgan fingerprint density at radius 1 is 1.17 bits per heavy atom. The van der Waals surface area contributed by atoms with Crippen molar-refractivity contribution in [3.05, 3.63) is 51.8 Å². The van der Waals surface area contributed by atoms with Gasteiger partial charge in [-0.15, -0.1) is 0 Å². The molecule has 1 aromatic heterocycles. The van der Waals surface area contributed by atoms with Gasteiger partial charge in [-0.2, -0.15) is 0 Å². The summed E-state index contributed by atoms with van der Waals surface area (Å²) in [5.74, 6) is 0.142. The van der Waals surface area contributed by atoms with Crippen molar-refractivity contribution in [3.63, 3.8) is 0 Å². The van der Waals surface area contributed by atoms with Gasteiger partial charge in [0.25, 0.3) is 5.91 Å². The molecule has 1 aliphatic rings. The topological polar surface area (TPSA) is 37.3 Å². The first-order valence-electron chi connectivity index (χ1n) is 8.03. The Bertz CT molecular complexity index is 715. The summed E-state index contributed by atoms with van der Waals surface area (Å²) >= 11 is 3.52. The molecule has 0 saturated carbocycles. The molecule has 5 heteroatoms. The van der Waals surface area contributed by atoms with Gasteiger partial charge in [-0.25, -0.2) is 0 Å². The number of benzene rings is 1. The number of hydrogen-bond acceptors (Lipinski definition) is 2. The van der Waals surface area contributed by atoms with Crippen LogP contribution in [0.25, 0.3) is 5.69 Å². The Kier molecular flexibility index (Phi) is 4.87. The van der Waals surface area contributed by atoms with Crippen molar-refractivity contribution in [1.82, 2.24) is 14.8 Å². The van der Waals surface area contributed by atoms with Gasteiger partial charge in [0.1, 0.15) is 0 Å². The second-order valence-electron chi connectivity index (χ2n) is 6.00. The first-order chi connectivity index (χ1) is 11.1. The average Bonchev–Trinajstić information content (AvgIpc) is 2.72. The van der Waals surface area contributed by atoms with Crippen LogP contribution < -0.4 is 5.32 Å². The Morgan fingerprint density at radius 3 is 2.78 bits per heavy atom. The van der Waals surface area contributed by atoms with Crippen molar-refractivity contribution in [2.45, 2.75) is 20.3 Å². The lowest BCUT2D eigenvalue weighted by molar-refractivity contribution is 0.0765. The van der Waals surface area contributed by atoms with Crippen molar-refractivity contribution in [1.29, 1.82) is 0 Å². The highest BCUT2D eigenvalue weighted by atomic mass is 79.9. The normalized spacial score (nSPS) is 15.5. The van der Waals surface area contributed by atoms with Gasteiger partial charge < -0.3 is 14.8 Å². The number of halogens is 1. The van der Waals surface area contributed by atoms with Crippen LogP contribution >= 0.6 is 15.9 Å². The number of amides is 1. The van der Waals surface area contributed by atoms with E-state index in [1.165, 1.54) is 0 Å². The minimum atomic E-state index is 0.142. The molecule has 0 spiro atoms. The lowest BCUT2D eigenvalue weighted by Crippen LogP contribution is -2.34. The highest BCUT2D eigenvalue weighted by Crippen LogP contribution is 2.24. The molecule has 2 heterocycles. The maximum absolute atomic E-state index is 12.9. The molecule has 1 aliphatic heterocycles. The van der Waals surface area contributed by atoms with Crippen LogP contribution in [0.1, 0.15) is 28.2 Å². The van der Waals surface area contributed by atoms with Crippen LogP contribution in [0.3, 0.4) is 0 Å². The molecule has 1 N–H and O–H groups in total. The standard InChI is InChI=1S/C18H22BrN3O/c1-13-11-17(18(23)21-9-4-7-20-8-10-21)14(2)22(13)16-6-3-5-15(19)12-16/h3,5-6,11-12,20H,4,7-10H2,1-2H3. The third kappa shape index (κ3) is 3.35. The molecule has 0 aliphatic carbocycles. The van der Waals surface area contributed by atoms with Crippen LogP contribution in [0, 0.1) is 13.8 Å². The summed E-state index contributed by atoms with van der Waals surface area (Å²) in [6, 6.07) is 10.2. The zero-order valence-electron chi connectivity index (χ0n) is 13.6. The molecule has 1 fully saturated rings. The molecule has 0 bridgehead atoms. The summed E-state index contributed by atoms with van der Waals surface area (Å²) in [5.41, 5.74) is 3.97. The van der Waals surface area contributed by atoms with Crippen LogP contribution in [0.2, 0.25) is 0 Å². The van der Waals surface area contributed by atoms with E-state index in [-0.39, 0.29) is 5.91 Å². The smallest absolute Gasteiger partial charge is 0.255 e. The molecule has 4 nitrogen and oxygen atoms in total. The predicted octanol–water partition coefficient (Wildman–Crippen LogP) is 3.29. The van der Waals surface area contributed by atoms with E-state index in [0.29, 0.717) is 0 Å². The maximum atomic E-state index is 12.9. The van der Waals surface area contributed by atoms with Crippen LogP contribution in [0.15, 0.2) is 34.8 Å². The lowest BCUT2D eigenvalue weighted by atomic mass is 10.2. The van der Waals surface area contributed by atoms with E-state index < -0.39 is 0 Å². The molecule has 0 unspecified atom stereocenters. The minimum absolute atomic E-state index is 0.142. The maximum Gasteiger partial charge on any atom is 0.255 e. The van der Waals surface area contributed by atoms with Gasteiger partial charge in [-0.3, -0.25) is 4.79 Å². The van der Waals surface area contributed by atoms with Crippen molar-refractivity contribution in [3.8, 4) is 5.69 Å². The van der Waals surface area contributed by atoms with E-state index in [1.54, 1.807) is 0 Å². The number of carbonyl (C=O) groups excluding carboxylic acids is 1. The third-order valence-corrected chi connectivity index (χ3v) is 4.85. The number of carbonyl (C=O) groups is 1. The van der Waals surface area contributed by atoms with Gasteiger partial charge >= 0.3 is 0 Å². The molecule has 2 aromatic rings. The van der Waals surface area contributed by atoms with E-state index in [0.717, 1.165) is 59.7 Å². The van der Waals surface area contributed by atoms with Gasteiger partial charge in [-0.1, -0.05) is 22.0 Å². The predicted molar refractivity (Wildman–Crippen MR) is 96.3 cm³/mol. The Hall–Kier alpha value is -1.59. The Labute approximate surface area is 145 Å². The Balaban J connectivity index is 1.95. The number of aryl methyl sites for hydroxylation is 1. The summed E-state index contributed by atoms with van der Waals surface area (Å²) in [6.45, 7) is 7.54. The Morgan fingerprint density at radius 2 is 2.00 bits per heavy atom. The van der Waals surface area contributed by atoms with Gasteiger partial charge in [0.2, 0.25) is 0 Å². The largest absolute Gasteiger partial charge is 0.337 e. The van der Waals surface area contributed by atoms with Crippen molar-refractivity contribution in [2.24, 2.45) is 0 Å². The molecule has 0 radical (unpaired) electrons. The van der Waals surface area contributed by atoms with Crippen LogP contribution in [-0.2, 0) is 0 Å². The van der Waals surface area contributed by atoms with Crippen LogP contribution in [0.5, 0.6) is 0 Å².